The normalized spacial score (nSPS) is 15.9. The van der Waals surface area contributed by atoms with Crippen molar-refractivity contribution >= 4 is 82.7 Å². The first-order chi connectivity index (χ1) is 32.9. The standard InChI is InChI=1S/C45H73N9O14S2/c1-9-24(4)35(53-42(64)32(21-34(57)58)50-40(62)30(19-23(2)3)49-37(59)25(5)47-38(60)28(46)15-17-69-7)43(65)51-31(20-27-13-11-10-12-14-27)41(63)54-36(26(6)56)44(66)48-29(16-18-70-8)39(61)52-33(22-55)45(67)68/h10-14,23-26,28-33,35-36,55-56H,9,15-22,46H2,1-8H3,(H,47,60)(H,48,66)(H,49,59)(H,50,62)(H,51,65)(H,52,61)(H,53,64)(H,54,63)(H,57,58)(H,67,68)/t24-,25-,26+,28-,29-,30-,31-,32-,33-,35-,36-/m0/s1. The predicted octanol–water partition coefficient (Wildman–Crippen LogP) is -2.01. The van der Waals surface area contributed by atoms with Crippen LogP contribution in [0.25, 0.3) is 0 Å². The molecule has 394 valence electrons. The van der Waals surface area contributed by atoms with Crippen molar-refractivity contribution in [3.05, 3.63) is 35.9 Å². The van der Waals surface area contributed by atoms with Crippen molar-refractivity contribution in [2.45, 2.75) is 141 Å². The smallest absolute Gasteiger partial charge is 0.328 e. The molecule has 11 atom stereocenters. The minimum absolute atomic E-state index is 0.00654. The highest BCUT2D eigenvalue weighted by atomic mass is 32.2. The van der Waals surface area contributed by atoms with Gasteiger partial charge in [-0.2, -0.15) is 23.5 Å². The molecular formula is C45H73N9O14S2. The number of aliphatic carboxylic acids is 2. The Morgan fingerprint density at radius 1 is 0.586 bits per heavy atom. The molecule has 0 unspecified atom stereocenters. The van der Waals surface area contributed by atoms with Crippen molar-refractivity contribution in [3.63, 3.8) is 0 Å². The van der Waals surface area contributed by atoms with Crippen LogP contribution in [0, 0.1) is 11.8 Å². The second kappa shape index (κ2) is 32.4. The lowest BCUT2D eigenvalue weighted by Gasteiger charge is -2.30. The number of amides is 8. The van der Waals surface area contributed by atoms with E-state index in [-0.39, 0.29) is 31.6 Å². The fourth-order valence-corrected chi connectivity index (χ4v) is 7.54. The van der Waals surface area contributed by atoms with E-state index in [1.54, 1.807) is 64.3 Å². The van der Waals surface area contributed by atoms with Gasteiger partial charge >= 0.3 is 11.9 Å². The van der Waals surface area contributed by atoms with Crippen molar-refractivity contribution in [2.24, 2.45) is 17.6 Å². The molecule has 0 aliphatic carbocycles. The molecule has 0 aliphatic rings. The maximum Gasteiger partial charge on any atom is 0.328 e. The third-order valence-electron chi connectivity index (χ3n) is 10.9. The number of nitrogens with one attached hydrogen (secondary N) is 8. The van der Waals surface area contributed by atoms with Gasteiger partial charge < -0.3 is 68.7 Å². The highest BCUT2D eigenvalue weighted by molar-refractivity contribution is 7.98. The van der Waals surface area contributed by atoms with Crippen molar-refractivity contribution in [1.29, 1.82) is 0 Å². The Balaban J connectivity index is 3.47. The molecule has 1 rings (SSSR count). The molecule has 0 saturated heterocycles. The zero-order chi connectivity index (χ0) is 53.2. The first kappa shape index (κ1) is 62.5. The molecule has 0 saturated carbocycles. The van der Waals surface area contributed by atoms with E-state index in [4.69, 9.17) is 5.73 Å². The van der Waals surface area contributed by atoms with Crippen LogP contribution < -0.4 is 48.3 Å². The van der Waals surface area contributed by atoms with E-state index in [1.165, 1.54) is 37.4 Å². The van der Waals surface area contributed by atoms with E-state index in [0.717, 1.165) is 0 Å². The van der Waals surface area contributed by atoms with Gasteiger partial charge in [-0.3, -0.25) is 43.2 Å². The third kappa shape index (κ3) is 22.5. The number of carbonyl (C=O) groups excluding carboxylic acids is 8. The fraction of sp³-hybridized carbons (Fsp3) is 0.644. The average Bonchev–Trinajstić information content (AvgIpc) is 3.30. The van der Waals surface area contributed by atoms with Gasteiger partial charge in [0.2, 0.25) is 47.3 Å². The highest BCUT2D eigenvalue weighted by Gasteiger charge is 2.37. The molecule has 0 bridgehead atoms. The Bertz CT molecular complexity index is 1910. The van der Waals surface area contributed by atoms with Crippen LogP contribution in [0.2, 0.25) is 0 Å². The minimum atomic E-state index is -1.78. The molecule has 0 heterocycles. The van der Waals surface area contributed by atoms with Crippen LogP contribution in [-0.2, 0) is 54.4 Å². The summed E-state index contributed by atoms with van der Waals surface area (Å²) >= 11 is 2.80. The molecule has 1 aromatic rings. The number of carboxylic acid groups (broad SMARTS) is 2. The molecule has 1 aromatic carbocycles. The van der Waals surface area contributed by atoms with Crippen LogP contribution in [0.3, 0.4) is 0 Å². The average molecular weight is 1030 g/mol. The summed E-state index contributed by atoms with van der Waals surface area (Å²) < 4.78 is 0. The summed E-state index contributed by atoms with van der Waals surface area (Å²) in [4.78, 5) is 132. The molecule has 8 amide bonds. The zero-order valence-corrected chi connectivity index (χ0v) is 42.6. The highest BCUT2D eigenvalue weighted by Crippen LogP contribution is 2.13. The van der Waals surface area contributed by atoms with Gasteiger partial charge in [0.05, 0.1) is 25.2 Å². The number of hydrogen-bond donors (Lipinski definition) is 13. The van der Waals surface area contributed by atoms with Crippen molar-refractivity contribution < 1.29 is 68.4 Å². The maximum atomic E-state index is 14.2. The number of rotatable bonds is 33. The molecule has 0 aromatic heterocycles. The summed E-state index contributed by atoms with van der Waals surface area (Å²) in [7, 11) is 0. The number of hydrogen-bond acceptors (Lipinski definition) is 15. The number of aliphatic hydroxyl groups is 2. The Hall–Kier alpha value is -5.50. The first-order valence-corrected chi connectivity index (χ1v) is 25.6. The number of benzene rings is 1. The fourth-order valence-electron chi connectivity index (χ4n) is 6.58. The van der Waals surface area contributed by atoms with Crippen LogP contribution >= 0.6 is 23.5 Å². The Morgan fingerprint density at radius 3 is 1.60 bits per heavy atom. The quantitative estimate of drug-likeness (QED) is 0.0362. The molecule has 14 N–H and O–H groups in total. The summed E-state index contributed by atoms with van der Waals surface area (Å²) in [6.07, 6.45) is 1.52. The third-order valence-corrected chi connectivity index (χ3v) is 12.2. The van der Waals surface area contributed by atoms with Crippen molar-refractivity contribution in [1.82, 2.24) is 42.5 Å². The number of nitrogens with two attached hydrogens (primary N) is 1. The van der Waals surface area contributed by atoms with Gasteiger partial charge in [0.25, 0.3) is 0 Å². The van der Waals surface area contributed by atoms with Crippen LogP contribution in [0.15, 0.2) is 30.3 Å². The second-order valence-electron chi connectivity index (χ2n) is 17.2. The van der Waals surface area contributed by atoms with Crippen LogP contribution in [0.4, 0.5) is 0 Å². The number of thioether (sulfide) groups is 2. The van der Waals surface area contributed by atoms with E-state index < -0.39 is 139 Å². The summed E-state index contributed by atoms with van der Waals surface area (Å²) in [5.74, 6) is -10.2. The number of aliphatic hydroxyl groups excluding tert-OH is 2. The van der Waals surface area contributed by atoms with Gasteiger partial charge in [-0.15, -0.1) is 0 Å². The van der Waals surface area contributed by atoms with Gasteiger partial charge in [0, 0.05) is 6.42 Å². The molecule has 0 spiro atoms. The maximum absolute atomic E-state index is 14.2. The van der Waals surface area contributed by atoms with E-state index in [9.17, 15) is 68.4 Å². The minimum Gasteiger partial charge on any atom is -0.481 e. The largest absolute Gasteiger partial charge is 0.481 e. The Labute approximate surface area is 416 Å². The van der Waals surface area contributed by atoms with E-state index in [0.29, 0.717) is 23.5 Å². The van der Waals surface area contributed by atoms with Crippen molar-refractivity contribution in [2.75, 3.05) is 30.6 Å². The second-order valence-corrected chi connectivity index (χ2v) is 19.2. The molecule has 0 fully saturated rings. The van der Waals surface area contributed by atoms with Crippen LogP contribution in [-0.4, -0.2) is 171 Å². The number of carboxylic acids is 2. The molecule has 25 heteroatoms. The lowest BCUT2D eigenvalue weighted by molar-refractivity contribution is -0.143. The summed E-state index contributed by atoms with van der Waals surface area (Å²) in [5.41, 5.74) is 6.46. The topological polar surface area (TPSA) is 374 Å². The monoisotopic (exact) mass is 1030 g/mol. The molecule has 70 heavy (non-hydrogen) atoms. The van der Waals surface area contributed by atoms with Crippen molar-refractivity contribution in [3.8, 4) is 0 Å². The van der Waals surface area contributed by atoms with Crippen LogP contribution in [0.1, 0.15) is 79.2 Å². The van der Waals surface area contributed by atoms with Crippen LogP contribution in [0.5, 0.6) is 0 Å². The summed E-state index contributed by atoms with van der Waals surface area (Å²) in [5, 5.41) is 58.8. The van der Waals surface area contributed by atoms with Gasteiger partial charge in [0.15, 0.2) is 0 Å². The van der Waals surface area contributed by atoms with E-state index in [2.05, 4.69) is 42.5 Å². The Morgan fingerprint density at radius 2 is 1.07 bits per heavy atom. The van der Waals surface area contributed by atoms with Gasteiger partial charge in [0.1, 0.15) is 48.3 Å². The SMILES string of the molecule is CC[C@H](C)[C@H](NC(=O)[C@H](CC(=O)O)NC(=O)[C@H](CC(C)C)NC(=O)[C@H](C)NC(=O)[C@@H](N)CCSC)C(=O)N[C@@H](Cc1ccccc1)C(=O)N[C@H](C(=O)N[C@@H](CCSC)C(=O)N[C@@H](CO)C(=O)O)[C@@H](C)O. The first-order valence-electron chi connectivity index (χ1n) is 22.8. The van der Waals surface area contributed by atoms with Gasteiger partial charge in [-0.1, -0.05) is 64.4 Å². The molecular weight excluding hydrogens is 955 g/mol. The Kier molecular flexibility index (Phi) is 28.9. The van der Waals surface area contributed by atoms with E-state index in [1.807, 2.05) is 6.26 Å². The van der Waals surface area contributed by atoms with E-state index >= 15 is 0 Å². The lowest BCUT2D eigenvalue weighted by atomic mass is 9.96. The van der Waals surface area contributed by atoms with Gasteiger partial charge in [-0.05, 0) is 74.5 Å². The number of carbonyl (C=O) groups is 10. The molecule has 0 radical (unpaired) electrons. The lowest BCUT2D eigenvalue weighted by Crippen LogP contribution is -2.62. The summed E-state index contributed by atoms with van der Waals surface area (Å²) in [6.45, 7) is 8.46. The summed E-state index contributed by atoms with van der Waals surface area (Å²) in [6, 6.07) is -4.44. The predicted molar refractivity (Wildman–Crippen MR) is 263 cm³/mol. The molecule has 23 nitrogen and oxygen atoms in total. The molecule has 0 aliphatic heterocycles. The zero-order valence-electron chi connectivity index (χ0n) is 40.9. The van der Waals surface area contributed by atoms with Gasteiger partial charge in [-0.25, -0.2) is 4.79 Å².